The van der Waals surface area contributed by atoms with Crippen LogP contribution in [-0.2, 0) is 16.0 Å². The summed E-state index contributed by atoms with van der Waals surface area (Å²) in [5.41, 5.74) is 3.35. The quantitative estimate of drug-likeness (QED) is 0.617. The van der Waals surface area contributed by atoms with E-state index in [4.69, 9.17) is 4.74 Å². The third-order valence-corrected chi connectivity index (χ3v) is 3.56. The zero-order chi connectivity index (χ0) is 13.8. The molecule has 1 aliphatic heterocycles. The molecule has 0 aromatic heterocycles. The van der Waals surface area contributed by atoms with Gasteiger partial charge in [0.25, 0.3) is 0 Å². The molecule has 19 heavy (non-hydrogen) atoms. The number of para-hydroxylation sites is 1. The van der Waals surface area contributed by atoms with Gasteiger partial charge in [-0.1, -0.05) is 31.2 Å². The highest BCUT2D eigenvalue weighted by molar-refractivity contribution is 5.87. The molecule has 1 aromatic rings. The second-order valence-electron chi connectivity index (χ2n) is 5.22. The van der Waals surface area contributed by atoms with Crippen LogP contribution in [0.5, 0.6) is 0 Å². The molecule has 0 N–H and O–H groups in total. The predicted molar refractivity (Wildman–Crippen MR) is 77.3 cm³/mol. The van der Waals surface area contributed by atoms with Gasteiger partial charge in [-0.3, -0.25) is 0 Å². The van der Waals surface area contributed by atoms with Gasteiger partial charge in [0.15, 0.2) is 0 Å². The van der Waals surface area contributed by atoms with E-state index in [2.05, 4.69) is 36.1 Å². The molecule has 1 unspecified atom stereocenters. The molecule has 0 amide bonds. The lowest BCUT2D eigenvalue weighted by Gasteiger charge is -2.34. The summed E-state index contributed by atoms with van der Waals surface area (Å²) in [6, 6.07) is 8.50. The lowest BCUT2D eigenvalue weighted by molar-refractivity contribution is -0.136. The van der Waals surface area contributed by atoms with Gasteiger partial charge in [-0.2, -0.15) is 0 Å². The number of ether oxygens (including phenoxy) is 1. The summed E-state index contributed by atoms with van der Waals surface area (Å²) in [5.74, 6) is 0.389. The molecular formula is C16H21NO2. The Balaban J connectivity index is 2.15. The van der Waals surface area contributed by atoms with Gasteiger partial charge in [0.1, 0.15) is 0 Å². The van der Waals surface area contributed by atoms with Crippen LogP contribution in [0.1, 0.15) is 19.4 Å². The van der Waals surface area contributed by atoms with E-state index in [1.807, 2.05) is 6.08 Å². The number of carbonyl (C=O) groups is 1. The fraction of sp³-hybridized carbons (Fsp3) is 0.438. The number of benzene rings is 1. The van der Waals surface area contributed by atoms with Gasteiger partial charge < -0.3 is 9.64 Å². The van der Waals surface area contributed by atoms with Crippen LogP contribution in [0, 0.1) is 5.92 Å². The molecule has 1 aliphatic rings. The van der Waals surface area contributed by atoms with E-state index < -0.39 is 0 Å². The molecule has 0 saturated heterocycles. The van der Waals surface area contributed by atoms with Gasteiger partial charge in [0.2, 0.25) is 0 Å². The molecule has 0 fully saturated rings. The van der Waals surface area contributed by atoms with Crippen molar-refractivity contribution in [2.24, 2.45) is 5.92 Å². The van der Waals surface area contributed by atoms with Gasteiger partial charge in [-0.05, 0) is 30.9 Å². The van der Waals surface area contributed by atoms with Crippen LogP contribution in [0.4, 0.5) is 5.69 Å². The number of nitrogens with zero attached hydrogens (tertiary/aromatic N) is 1. The van der Waals surface area contributed by atoms with Crippen LogP contribution in [0.2, 0.25) is 0 Å². The molecular weight excluding hydrogens is 238 g/mol. The molecule has 3 heteroatoms. The Morgan fingerprint density at radius 3 is 2.95 bits per heavy atom. The van der Waals surface area contributed by atoms with Crippen LogP contribution < -0.4 is 4.90 Å². The lowest BCUT2D eigenvalue weighted by Crippen LogP contribution is -2.34. The van der Waals surface area contributed by atoms with E-state index in [9.17, 15) is 4.79 Å². The average molecular weight is 259 g/mol. The first kappa shape index (κ1) is 13.7. The zero-order valence-corrected chi connectivity index (χ0v) is 11.8. The number of carbonyl (C=O) groups excluding carboxylic acids is 1. The zero-order valence-electron chi connectivity index (χ0n) is 11.8. The number of rotatable bonds is 3. The Morgan fingerprint density at radius 1 is 1.47 bits per heavy atom. The SMILES string of the molecule is COC(=O)C(C)=CCN1CC(C)Cc2ccccc21. The number of anilines is 1. The average Bonchev–Trinajstić information content (AvgIpc) is 2.43. The maximum absolute atomic E-state index is 11.4. The molecule has 102 valence electrons. The summed E-state index contributed by atoms with van der Waals surface area (Å²) in [6.07, 6.45) is 3.08. The van der Waals surface area contributed by atoms with Crippen LogP contribution in [0.15, 0.2) is 35.9 Å². The Labute approximate surface area is 114 Å². The third-order valence-electron chi connectivity index (χ3n) is 3.56. The molecule has 0 spiro atoms. The van der Waals surface area contributed by atoms with Crippen molar-refractivity contribution < 1.29 is 9.53 Å². The van der Waals surface area contributed by atoms with E-state index in [-0.39, 0.29) is 5.97 Å². The van der Waals surface area contributed by atoms with Gasteiger partial charge >= 0.3 is 5.97 Å². The summed E-state index contributed by atoms with van der Waals surface area (Å²) in [7, 11) is 1.41. The van der Waals surface area contributed by atoms with Crippen molar-refractivity contribution in [2.45, 2.75) is 20.3 Å². The molecule has 1 atom stereocenters. The number of hydrogen-bond acceptors (Lipinski definition) is 3. The van der Waals surface area contributed by atoms with E-state index in [0.717, 1.165) is 19.5 Å². The van der Waals surface area contributed by atoms with Crippen molar-refractivity contribution in [2.75, 3.05) is 25.1 Å². The van der Waals surface area contributed by atoms with Gasteiger partial charge in [0.05, 0.1) is 7.11 Å². The van der Waals surface area contributed by atoms with E-state index >= 15 is 0 Å². The summed E-state index contributed by atoms with van der Waals surface area (Å²) in [4.78, 5) is 13.7. The molecule has 1 aromatic carbocycles. The van der Waals surface area contributed by atoms with Crippen LogP contribution >= 0.6 is 0 Å². The fourth-order valence-electron chi connectivity index (χ4n) is 2.57. The highest BCUT2D eigenvalue weighted by atomic mass is 16.5. The maximum atomic E-state index is 11.4. The molecule has 0 aliphatic carbocycles. The first-order chi connectivity index (χ1) is 9.11. The Kier molecular flexibility index (Phi) is 4.25. The minimum Gasteiger partial charge on any atom is -0.466 e. The number of methoxy groups -OCH3 is 1. The molecule has 3 nitrogen and oxygen atoms in total. The fourth-order valence-corrected chi connectivity index (χ4v) is 2.57. The molecule has 0 bridgehead atoms. The summed E-state index contributed by atoms with van der Waals surface area (Å²) in [6.45, 7) is 5.84. The van der Waals surface area contributed by atoms with E-state index in [1.165, 1.54) is 18.4 Å². The third kappa shape index (κ3) is 3.16. The van der Waals surface area contributed by atoms with Crippen molar-refractivity contribution in [1.29, 1.82) is 0 Å². The Hall–Kier alpha value is -1.77. The minimum atomic E-state index is -0.252. The van der Waals surface area contributed by atoms with Crippen molar-refractivity contribution in [3.8, 4) is 0 Å². The van der Waals surface area contributed by atoms with Gasteiger partial charge in [-0.15, -0.1) is 0 Å². The first-order valence-corrected chi connectivity index (χ1v) is 6.69. The smallest absolute Gasteiger partial charge is 0.333 e. The van der Waals surface area contributed by atoms with Crippen LogP contribution in [0.25, 0.3) is 0 Å². The number of hydrogen-bond donors (Lipinski definition) is 0. The highest BCUT2D eigenvalue weighted by Crippen LogP contribution is 2.29. The second-order valence-corrected chi connectivity index (χ2v) is 5.22. The maximum Gasteiger partial charge on any atom is 0.333 e. The highest BCUT2D eigenvalue weighted by Gasteiger charge is 2.20. The standard InChI is InChI=1S/C16H21NO2/c1-12-10-14-6-4-5-7-15(14)17(11-12)9-8-13(2)16(18)19-3/h4-8,12H,9-11H2,1-3H3. The second kappa shape index (κ2) is 5.91. The van der Waals surface area contributed by atoms with Crippen molar-refractivity contribution in [3.63, 3.8) is 0 Å². The summed E-state index contributed by atoms with van der Waals surface area (Å²) in [5, 5.41) is 0. The first-order valence-electron chi connectivity index (χ1n) is 6.69. The summed E-state index contributed by atoms with van der Waals surface area (Å²) >= 11 is 0. The molecule has 0 saturated carbocycles. The van der Waals surface area contributed by atoms with Crippen molar-refractivity contribution >= 4 is 11.7 Å². The van der Waals surface area contributed by atoms with E-state index in [1.54, 1.807) is 6.92 Å². The van der Waals surface area contributed by atoms with Gasteiger partial charge in [0, 0.05) is 24.4 Å². The summed E-state index contributed by atoms with van der Waals surface area (Å²) < 4.78 is 4.72. The number of esters is 1. The number of fused-ring (bicyclic) bond motifs is 1. The van der Waals surface area contributed by atoms with Gasteiger partial charge in [-0.25, -0.2) is 4.79 Å². The Bertz CT molecular complexity index is 493. The Morgan fingerprint density at radius 2 is 2.21 bits per heavy atom. The molecule has 2 rings (SSSR count). The molecule has 1 heterocycles. The topological polar surface area (TPSA) is 29.5 Å². The monoisotopic (exact) mass is 259 g/mol. The minimum absolute atomic E-state index is 0.252. The van der Waals surface area contributed by atoms with E-state index in [0.29, 0.717) is 11.5 Å². The largest absolute Gasteiger partial charge is 0.466 e. The predicted octanol–water partition coefficient (Wildman–Crippen LogP) is 2.80. The normalized spacial score (nSPS) is 19.0. The van der Waals surface area contributed by atoms with Crippen LogP contribution in [0.3, 0.4) is 0 Å². The van der Waals surface area contributed by atoms with Crippen molar-refractivity contribution in [3.05, 3.63) is 41.5 Å². The van der Waals surface area contributed by atoms with Crippen molar-refractivity contribution in [1.82, 2.24) is 0 Å². The molecule has 0 radical (unpaired) electrons. The van der Waals surface area contributed by atoms with Crippen LogP contribution in [-0.4, -0.2) is 26.2 Å². The lowest BCUT2D eigenvalue weighted by atomic mass is 9.94.